The van der Waals surface area contributed by atoms with Gasteiger partial charge in [0.15, 0.2) is 5.75 Å². The summed E-state index contributed by atoms with van der Waals surface area (Å²) in [6.45, 7) is 1.76. The van der Waals surface area contributed by atoms with Gasteiger partial charge in [-0.25, -0.2) is 0 Å². The van der Waals surface area contributed by atoms with Crippen molar-refractivity contribution in [3.63, 3.8) is 0 Å². The van der Waals surface area contributed by atoms with Crippen LogP contribution in [-0.4, -0.2) is 11.0 Å². The Morgan fingerprint density at radius 1 is 1.41 bits per heavy atom. The smallest absolute Gasteiger partial charge is 0.310 e. The molecule has 0 saturated carbocycles. The van der Waals surface area contributed by atoms with Crippen LogP contribution in [0.3, 0.4) is 0 Å². The molecule has 0 saturated heterocycles. The largest absolute Gasteiger partial charge is 0.424 e. The number of pyridine rings is 1. The molecule has 2 aromatic rings. The average molecular weight is 250 g/mol. The summed E-state index contributed by atoms with van der Waals surface area (Å²) in [5, 5.41) is 0.920. The van der Waals surface area contributed by atoms with E-state index in [1.54, 1.807) is 19.2 Å². The molecule has 0 bridgehead atoms. The van der Waals surface area contributed by atoms with Gasteiger partial charge in [0.2, 0.25) is 0 Å². The van der Waals surface area contributed by atoms with E-state index in [9.17, 15) is 4.79 Å². The average Bonchev–Trinajstić information content (AvgIpc) is 2.39. The Morgan fingerprint density at radius 3 is 2.94 bits per heavy atom. The molecule has 88 valence electrons. The molecule has 3 nitrogen and oxygen atoms in total. The van der Waals surface area contributed by atoms with Crippen LogP contribution in [0.15, 0.2) is 30.5 Å². The van der Waals surface area contributed by atoms with E-state index in [2.05, 4.69) is 4.98 Å². The Labute approximate surface area is 104 Å². The molecule has 4 heteroatoms. The van der Waals surface area contributed by atoms with Crippen LogP contribution in [0.2, 0.25) is 0 Å². The summed E-state index contributed by atoms with van der Waals surface area (Å²) in [4.78, 5) is 15.5. The normalized spacial score (nSPS) is 10.5. The van der Waals surface area contributed by atoms with Crippen molar-refractivity contribution >= 4 is 28.5 Å². The second-order valence-electron chi connectivity index (χ2n) is 3.58. The fraction of sp³-hybridized carbons (Fsp3) is 0.231. The second-order valence-corrected chi connectivity index (χ2v) is 3.85. The van der Waals surface area contributed by atoms with Crippen LogP contribution in [-0.2, 0) is 10.7 Å². The van der Waals surface area contributed by atoms with Gasteiger partial charge in [-0.05, 0) is 17.7 Å². The lowest BCUT2D eigenvalue weighted by atomic mass is 10.1. The van der Waals surface area contributed by atoms with E-state index in [4.69, 9.17) is 16.3 Å². The number of halogens is 1. The van der Waals surface area contributed by atoms with E-state index < -0.39 is 0 Å². The Kier molecular flexibility index (Phi) is 3.59. The van der Waals surface area contributed by atoms with Crippen LogP contribution in [0.4, 0.5) is 0 Å². The highest BCUT2D eigenvalue weighted by Crippen LogP contribution is 2.27. The molecule has 0 radical (unpaired) electrons. The highest BCUT2D eigenvalue weighted by atomic mass is 35.5. The number of nitrogens with zero attached hydrogens (tertiary/aromatic N) is 1. The number of aromatic nitrogens is 1. The number of benzene rings is 1. The summed E-state index contributed by atoms with van der Waals surface area (Å²) in [6.07, 6.45) is 2.01. The molecule has 1 aromatic heterocycles. The molecule has 0 amide bonds. The summed E-state index contributed by atoms with van der Waals surface area (Å²) in [6, 6.07) is 7.35. The number of alkyl halides is 1. The highest BCUT2D eigenvalue weighted by molar-refractivity contribution is 6.18. The molecule has 1 aromatic carbocycles. The van der Waals surface area contributed by atoms with Gasteiger partial charge in [0.05, 0.1) is 0 Å². The van der Waals surface area contributed by atoms with Gasteiger partial charge >= 0.3 is 5.97 Å². The minimum absolute atomic E-state index is 0.268. The molecule has 0 spiro atoms. The van der Waals surface area contributed by atoms with Crippen LogP contribution in [0, 0.1) is 0 Å². The molecule has 2 rings (SSSR count). The van der Waals surface area contributed by atoms with Crippen LogP contribution in [0.1, 0.15) is 18.9 Å². The molecular formula is C13H12ClNO2. The van der Waals surface area contributed by atoms with Crippen molar-refractivity contribution in [3.8, 4) is 5.75 Å². The first kappa shape index (κ1) is 11.9. The maximum absolute atomic E-state index is 11.3. The number of carbonyl (C=O) groups is 1. The molecule has 0 aliphatic rings. The van der Waals surface area contributed by atoms with Gasteiger partial charge < -0.3 is 4.74 Å². The molecule has 0 N–H and O–H groups in total. The van der Waals surface area contributed by atoms with Crippen molar-refractivity contribution in [3.05, 3.63) is 36.0 Å². The number of fused-ring (bicyclic) bond motifs is 1. The molecule has 1 heterocycles. The second kappa shape index (κ2) is 5.15. The fourth-order valence-electron chi connectivity index (χ4n) is 1.60. The minimum atomic E-state index is -0.268. The minimum Gasteiger partial charge on any atom is -0.424 e. The third kappa shape index (κ3) is 2.39. The summed E-state index contributed by atoms with van der Waals surface area (Å²) < 4.78 is 5.23. The number of carbonyl (C=O) groups excluding carboxylic acids is 1. The van der Waals surface area contributed by atoms with Gasteiger partial charge in [-0.15, -0.1) is 11.6 Å². The first-order valence-electron chi connectivity index (χ1n) is 5.39. The standard InChI is InChI=1S/C13H12ClNO2/c1-2-12(16)17-11-6-5-9(8-14)10-4-3-7-15-13(10)11/h3-7H,2,8H2,1H3. The van der Waals surface area contributed by atoms with Crippen molar-refractivity contribution in [2.75, 3.05) is 0 Å². The Hall–Kier alpha value is -1.61. The van der Waals surface area contributed by atoms with E-state index in [-0.39, 0.29) is 5.97 Å². The zero-order valence-electron chi connectivity index (χ0n) is 9.44. The number of hydrogen-bond acceptors (Lipinski definition) is 3. The predicted octanol–water partition coefficient (Wildman–Crippen LogP) is 3.29. The SMILES string of the molecule is CCC(=O)Oc1ccc(CCl)c2cccnc12. The van der Waals surface area contributed by atoms with Gasteiger partial charge in [0, 0.05) is 23.9 Å². The molecule has 0 aliphatic carbocycles. The predicted molar refractivity (Wildman–Crippen MR) is 67.2 cm³/mol. The van der Waals surface area contributed by atoms with Gasteiger partial charge in [-0.1, -0.05) is 19.1 Å². The van der Waals surface area contributed by atoms with Crippen LogP contribution in [0.5, 0.6) is 5.75 Å². The number of ether oxygens (including phenoxy) is 1. The van der Waals surface area contributed by atoms with Crippen LogP contribution in [0.25, 0.3) is 10.9 Å². The fourth-order valence-corrected chi connectivity index (χ4v) is 1.83. The van der Waals surface area contributed by atoms with Gasteiger partial charge in [-0.2, -0.15) is 0 Å². The lowest BCUT2D eigenvalue weighted by Gasteiger charge is -2.08. The highest BCUT2D eigenvalue weighted by Gasteiger charge is 2.09. The lowest BCUT2D eigenvalue weighted by molar-refractivity contribution is -0.133. The Balaban J connectivity index is 2.54. The third-order valence-electron chi connectivity index (χ3n) is 2.48. The molecular weight excluding hydrogens is 238 g/mol. The van der Waals surface area contributed by atoms with E-state index in [1.807, 2.05) is 18.2 Å². The number of esters is 1. The molecule has 0 unspecified atom stereocenters. The van der Waals surface area contributed by atoms with Gasteiger partial charge in [0.1, 0.15) is 5.52 Å². The summed E-state index contributed by atoms with van der Waals surface area (Å²) in [5.74, 6) is 0.626. The van der Waals surface area contributed by atoms with Gasteiger partial charge in [-0.3, -0.25) is 9.78 Å². The van der Waals surface area contributed by atoms with Crippen molar-refractivity contribution < 1.29 is 9.53 Å². The van der Waals surface area contributed by atoms with E-state index in [0.29, 0.717) is 23.6 Å². The summed E-state index contributed by atoms with van der Waals surface area (Å²) >= 11 is 5.86. The maximum atomic E-state index is 11.3. The number of rotatable bonds is 3. The van der Waals surface area contributed by atoms with Crippen molar-refractivity contribution in [2.24, 2.45) is 0 Å². The zero-order valence-corrected chi connectivity index (χ0v) is 10.2. The topological polar surface area (TPSA) is 39.2 Å². The molecule has 0 atom stereocenters. The summed E-state index contributed by atoms with van der Waals surface area (Å²) in [5.41, 5.74) is 1.65. The zero-order chi connectivity index (χ0) is 12.3. The Bertz CT molecular complexity index is 554. The van der Waals surface area contributed by atoms with Crippen molar-refractivity contribution in [2.45, 2.75) is 19.2 Å². The maximum Gasteiger partial charge on any atom is 0.310 e. The van der Waals surface area contributed by atoms with Crippen molar-refractivity contribution in [1.82, 2.24) is 4.98 Å². The van der Waals surface area contributed by atoms with E-state index in [0.717, 1.165) is 10.9 Å². The van der Waals surface area contributed by atoms with E-state index >= 15 is 0 Å². The third-order valence-corrected chi connectivity index (χ3v) is 2.77. The lowest BCUT2D eigenvalue weighted by Crippen LogP contribution is -2.06. The van der Waals surface area contributed by atoms with Crippen molar-refractivity contribution in [1.29, 1.82) is 0 Å². The van der Waals surface area contributed by atoms with Gasteiger partial charge in [0.25, 0.3) is 0 Å². The Morgan fingerprint density at radius 2 is 2.24 bits per heavy atom. The molecule has 17 heavy (non-hydrogen) atoms. The quantitative estimate of drug-likeness (QED) is 0.476. The van der Waals surface area contributed by atoms with Crippen LogP contribution >= 0.6 is 11.6 Å². The van der Waals surface area contributed by atoms with Crippen LogP contribution < -0.4 is 4.74 Å². The molecule has 0 fully saturated rings. The summed E-state index contributed by atoms with van der Waals surface area (Å²) in [7, 11) is 0. The van der Waals surface area contributed by atoms with E-state index in [1.165, 1.54) is 0 Å². The monoisotopic (exact) mass is 249 g/mol. The molecule has 0 aliphatic heterocycles. The first-order valence-corrected chi connectivity index (χ1v) is 5.93. The first-order chi connectivity index (χ1) is 8.26. The number of hydrogen-bond donors (Lipinski definition) is 0.